The molecule has 0 amide bonds. The van der Waals surface area contributed by atoms with Crippen molar-refractivity contribution in [3.63, 3.8) is 0 Å². The number of hydrogen-bond donors (Lipinski definition) is 0. The number of nitriles is 1. The van der Waals surface area contributed by atoms with Gasteiger partial charge in [-0.05, 0) is 11.6 Å². The fourth-order valence-corrected chi connectivity index (χ4v) is 0.949. The Balaban J connectivity index is 2.91. The van der Waals surface area contributed by atoms with Crippen molar-refractivity contribution in [3.05, 3.63) is 39.0 Å². The van der Waals surface area contributed by atoms with E-state index >= 15 is 0 Å². The molecule has 1 aromatic heterocycles. The summed E-state index contributed by atoms with van der Waals surface area (Å²) in [6, 6.07) is 3.42. The minimum atomic E-state index is 0.0843. The Labute approximate surface area is 90.9 Å². The van der Waals surface area contributed by atoms with Gasteiger partial charge in [0.25, 0.3) is 0 Å². The normalized spacial score (nSPS) is 8.00. The van der Waals surface area contributed by atoms with Crippen LogP contribution in [0.2, 0.25) is 5.15 Å². The van der Waals surface area contributed by atoms with Gasteiger partial charge < -0.3 is 0 Å². The van der Waals surface area contributed by atoms with Gasteiger partial charge in [-0.2, -0.15) is 5.26 Å². The third-order valence-corrected chi connectivity index (χ3v) is 1.71. The van der Waals surface area contributed by atoms with Gasteiger partial charge in [-0.25, -0.2) is 4.98 Å². The molecule has 0 spiro atoms. The molecule has 0 fully saturated rings. The number of rotatable bonds is 1. The summed E-state index contributed by atoms with van der Waals surface area (Å²) in [7, 11) is 0. The van der Waals surface area contributed by atoms with E-state index < -0.39 is 0 Å². The molecule has 0 radical (unpaired) electrons. The van der Waals surface area contributed by atoms with Gasteiger partial charge in [0.2, 0.25) is 0 Å². The van der Waals surface area contributed by atoms with Crippen molar-refractivity contribution >= 4 is 11.6 Å². The van der Waals surface area contributed by atoms with Crippen LogP contribution in [0.4, 0.5) is 0 Å². The van der Waals surface area contributed by atoms with E-state index in [-0.39, 0.29) is 17.3 Å². The Morgan fingerprint density at radius 2 is 2.47 bits per heavy atom. The van der Waals surface area contributed by atoms with Crippen LogP contribution in [-0.4, -0.2) is 11.5 Å². The molecule has 0 N–H and O–H groups in total. The molecule has 0 aliphatic carbocycles. The summed E-state index contributed by atoms with van der Waals surface area (Å²) >= 11 is 5.63. The van der Waals surface area contributed by atoms with E-state index in [0.29, 0.717) is 5.56 Å². The number of nitrogens with zero attached hydrogens (tertiary/aromatic N) is 5. The van der Waals surface area contributed by atoms with Crippen LogP contribution in [-0.2, 0) is 0 Å². The Morgan fingerprint density at radius 1 is 1.67 bits per heavy atom. The lowest BCUT2D eigenvalue weighted by Crippen LogP contribution is -1.85. The van der Waals surface area contributed by atoms with Crippen LogP contribution in [0.25, 0.3) is 10.4 Å². The molecule has 1 heterocycles. The third-order valence-electron chi connectivity index (χ3n) is 1.41. The Morgan fingerprint density at radius 3 is 3.13 bits per heavy atom. The lowest BCUT2D eigenvalue weighted by molar-refractivity contribution is 1.25. The van der Waals surface area contributed by atoms with Gasteiger partial charge >= 0.3 is 0 Å². The predicted molar refractivity (Wildman–Crippen MR) is 54.9 cm³/mol. The van der Waals surface area contributed by atoms with Gasteiger partial charge in [0, 0.05) is 16.7 Å². The molecule has 0 atom stereocenters. The molecule has 6 heteroatoms. The number of pyridine rings is 1. The molecule has 0 aliphatic heterocycles. The van der Waals surface area contributed by atoms with Crippen molar-refractivity contribution in [1.82, 2.24) is 4.98 Å². The first kappa shape index (κ1) is 10.9. The van der Waals surface area contributed by atoms with Gasteiger partial charge in [0.15, 0.2) is 0 Å². The molecule has 1 rings (SSSR count). The molecular formula is C9H4ClN5. The van der Waals surface area contributed by atoms with Gasteiger partial charge in [-0.1, -0.05) is 28.6 Å². The second-order valence-electron chi connectivity index (χ2n) is 2.36. The Hall–Kier alpha value is -2.20. The second-order valence-corrected chi connectivity index (χ2v) is 2.72. The van der Waals surface area contributed by atoms with E-state index in [0.717, 1.165) is 0 Å². The molecule has 0 saturated carbocycles. The van der Waals surface area contributed by atoms with Crippen LogP contribution in [0.3, 0.4) is 0 Å². The van der Waals surface area contributed by atoms with Crippen molar-refractivity contribution in [2.24, 2.45) is 5.11 Å². The zero-order chi connectivity index (χ0) is 11.1. The zero-order valence-electron chi connectivity index (χ0n) is 7.48. The van der Waals surface area contributed by atoms with Crippen molar-refractivity contribution in [3.8, 4) is 17.9 Å². The standard InChI is InChI=1S/C9H4ClN5/c10-9-8(5-11)4-7(6-13-9)2-1-3-14-15-12/h4,6H,3H2. The molecule has 0 saturated heterocycles. The van der Waals surface area contributed by atoms with Crippen LogP contribution < -0.4 is 0 Å². The van der Waals surface area contributed by atoms with E-state index in [1.54, 1.807) is 0 Å². The summed E-state index contributed by atoms with van der Waals surface area (Å²) in [6.45, 7) is 0.0843. The average molecular weight is 218 g/mol. The fourth-order valence-electron chi connectivity index (χ4n) is 0.803. The maximum Gasteiger partial charge on any atom is 0.146 e. The number of aromatic nitrogens is 1. The number of hydrogen-bond acceptors (Lipinski definition) is 3. The van der Waals surface area contributed by atoms with Crippen molar-refractivity contribution in [2.45, 2.75) is 0 Å². The van der Waals surface area contributed by atoms with Crippen LogP contribution >= 0.6 is 11.6 Å². The first-order chi connectivity index (χ1) is 7.27. The largest absolute Gasteiger partial charge is 0.242 e. The first-order valence-corrected chi connectivity index (χ1v) is 4.21. The monoisotopic (exact) mass is 217 g/mol. The molecule has 0 bridgehead atoms. The van der Waals surface area contributed by atoms with Crippen molar-refractivity contribution in [1.29, 1.82) is 5.26 Å². The molecule has 72 valence electrons. The Kier molecular flexibility index (Phi) is 4.00. The van der Waals surface area contributed by atoms with E-state index in [2.05, 4.69) is 26.9 Å². The highest BCUT2D eigenvalue weighted by molar-refractivity contribution is 6.30. The highest BCUT2D eigenvalue weighted by Crippen LogP contribution is 2.12. The van der Waals surface area contributed by atoms with Crippen LogP contribution in [0.15, 0.2) is 17.4 Å². The molecule has 0 unspecified atom stereocenters. The van der Waals surface area contributed by atoms with Crippen molar-refractivity contribution < 1.29 is 0 Å². The minimum Gasteiger partial charge on any atom is -0.242 e. The molecule has 1 aromatic rings. The lowest BCUT2D eigenvalue weighted by Gasteiger charge is -1.93. The summed E-state index contributed by atoms with van der Waals surface area (Å²) in [5, 5.41) is 12.1. The maximum atomic E-state index is 8.66. The topological polar surface area (TPSA) is 85.4 Å². The first-order valence-electron chi connectivity index (χ1n) is 3.83. The maximum absolute atomic E-state index is 8.66. The molecule has 0 aromatic carbocycles. The van der Waals surface area contributed by atoms with Crippen molar-refractivity contribution in [2.75, 3.05) is 6.54 Å². The second kappa shape index (κ2) is 5.51. The SMILES string of the molecule is N#Cc1cc(C#CCN=[N+]=[N-])cnc1Cl. The summed E-state index contributed by atoms with van der Waals surface area (Å²) in [5.41, 5.74) is 8.83. The highest BCUT2D eigenvalue weighted by atomic mass is 35.5. The zero-order valence-corrected chi connectivity index (χ0v) is 8.23. The summed E-state index contributed by atoms with van der Waals surface area (Å²) < 4.78 is 0. The smallest absolute Gasteiger partial charge is 0.146 e. The summed E-state index contributed by atoms with van der Waals surface area (Å²) in [4.78, 5) is 6.33. The molecule has 5 nitrogen and oxygen atoms in total. The summed E-state index contributed by atoms with van der Waals surface area (Å²) in [6.07, 6.45) is 1.45. The predicted octanol–water partition coefficient (Wildman–Crippen LogP) is 2.27. The van der Waals surface area contributed by atoms with E-state index in [1.165, 1.54) is 12.3 Å². The fraction of sp³-hybridized carbons (Fsp3) is 0.111. The minimum absolute atomic E-state index is 0.0843. The average Bonchev–Trinajstić information content (AvgIpc) is 2.26. The van der Waals surface area contributed by atoms with Gasteiger partial charge in [-0.15, -0.1) is 0 Å². The molecule has 15 heavy (non-hydrogen) atoms. The molecular weight excluding hydrogens is 214 g/mol. The van der Waals surface area contributed by atoms with Crippen LogP contribution in [0.1, 0.15) is 11.1 Å². The number of halogens is 1. The third kappa shape index (κ3) is 3.21. The highest BCUT2D eigenvalue weighted by Gasteiger charge is 2.00. The number of azide groups is 1. The van der Waals surface area contributed by atoms with Crippen LogP contribution in [0.5, 0.6) is 0 Å². The van der Waals surface area contributed by atoms with Crippen LogP contribution in [0, 0.1) is 23.2 Å². The summed E-state index contributed by atoms with van der Waals surface area (Å²) in [5.74, 6) is 5.30. The Bertz CT molecular complexity index is 514. The van der Waals surface area contributed by atoms with E-state index in [1.807, 2.05) is 6.07 Å². The van der Waals surface area contributed by atoms with Gasteiger partial charge in [0.05, 0.1) is 12.1 Å². The van der Waals surface area contributed by atoms with Gasteiger partial charge in [-0.3, -0.25) is 0 Å². The quantitative estimate of drug-likeness (QED) is 0.238. The molecule has 0 aliphatic rings. The van der Waals surface area contributed by atoms with Gasteiger partial charge in [0.1, 0.15) is 11.2 Å². The van der Waals surface area contributed by atoms with E-state index in [4.69, 9.17) is 22.4 Å². The van der Waals surface area contributed by atoms with E-state index in [9.17, 15) is 0 Å². The lowest BCUT2D eigenvalue weighted by atomic mass is 10.2.